The highest BCUT2D eigenvalue weighted by Gasteiger charge is 2.25. The molecule has 4 heteroatoms. The molecule has 21 heavy (non-hydrogen) atoms. The summed E-state index contributed by atoms with van der Waals surface area (Å²) in [5.41, 5.74) is 0.643. The molecule has 2 atom stereocenters. The number of carbonyl (C=O) groups is 1. The Labute approximate surface area is 127 Å². The fourth-order valence-corrected chi connectivity index (χ4v) is 2.87. The monoisotopic (exact) mass is 291 g/mol. The first kappa shape index (κ1) is 15.8. The van der Waals surface area contributed by atoms with Gasteiger partial charge in [-0.25, -0.2) is 0 Å². The van der Waals surface area contributed by atoms with Gasteiger partial charge in [-0.1, -0.05) is 0 Å². The van der Waals surface area contributed by atoms with Crippen LogP contribution in [-0.2, 0) is 0 Å². The van der Waals surface area contributed by atoms with E-state index in [0.717, 1.165) is 6.54 Å². The van der Waals surface area contributed by atoms with E-state index in [2.05, 4.69) is 18.9 Å². The lowest BCUT2D eigenvalue weighted by Gasteiger charge is -2.33. The predicted octanol–water partition coefficient (Wildman–Crippen LogP) is 3.01. The molecular formula is C17H25NO3. The van der Waals surface area contributed by atoms with Gasteiger partial charge < -0.3 is 14.4 Å². The second-order valence-corrected chi connectivity index (χ2v) is 5.91. The van der Waals surface area contributed by atoms with Crippen LogP contribution in [0, 0.1) is 5.92 Å². The standard InChI is InChI=1S/C17H25NO3/c1-12(19)14-7-8-16(17(10-14)20-4)21-13(2)15-6-5-9-18(3)11-15/h7-8,10,13,15H,5-6,9,11H2,1-4H3. The van der Waals surface area contributed by atoms with E-state index in [9.17, 15) is 4.79 Å². The number of piperidine rings is 1. The minimum atomic E-state index is 0.0294. The van der Waals surface area contributed by atoms with Crippen molar-refractivity contribution in [1.82, 2.24) is 4.90 Å². The number of benzene rings is 1. The Hall–Kier alpha value is -1.55. The molecule has 2 unspecified atom stereocenters. The van der Waals surface area contributed by atoms with Crippen LogP contribution in [0.3, 0.4) is 0 Å². The number of Topliss-reactive ketones (excluding diaryl/α,β-unsaturated/α-hetero) is 1. The van der Waals surface area contributed by atoms with E-state index in [-0.39, 0.29) is 11.9 Å². The molecule has 0 bridgehead atoms. The predicted molar refractivity (Wildman–Crippen MR) is 83.3 cm³/mol. The van der Waals surface area contributed by atoms with Crippen LogP contribution in [-0.4, -0.2) is 44.0 Å². The number of ketones is 1. The molecule has 0 aliphatic carbocycles. The van der Waals surface area contributed by atoms with Crippen LogP contribution in [0.2, 0.25) is 0 Å². The third kappa shape index (κ3) is 3.97. The molecule has 1 heterocycles. The minimum absolute atomic E-state index is 0.0294. The Balaban J connectivity index is 2.09. The van der Waals surface area contributed by atoms with Gasteiger partial charge in [0.1, 0.15) is 6.10 Å². The van der Waals surface area contributed by atoms with E-state index in [1.54, 1.807) is 26.2 Å². The zero-order chi connectivity index (χ0) is 15.4. The summed E-state index contributed by atoms with van der Waals surface area (Å²) in [5.74, 6) is 1.89. The maximum absolute atomic E-state index is 11.4. The van der Waals surface area contributed by atoms with Crippen LogP contribution in [0.15, 0.2) is 18.2 Å². The molecule has 1 aromatic rings. The van der Waals surface area contributed by atoms with Crippen molar-refractivity contribution in [3.05, 3.63) is 23.8 Å². The van der Waals surface area contributed by atoms with Gasteiger partial charge in [-0.2, -0.15) is 0 Å². The van der Waals surface area contributed by atoms with Gasteiger partial charge in [0.15, 0.2) is 17.3 Å². The average Bonchev–Trinajstić information content (AvgIpc) is 2.47. The summed E-state index contributed by atoms with van der Waals surface area (Å²) in [6, 6.07) is 5.37. The molecule has 0 N–H and O–H groups in total. The highest BCUT2D eigenvalue weighted by Crippen LogP contribution is 2.31. The fourth-order valence-electron chi connectivity index (χ4n) is 2.87. The molecule has 1 aliphatic rings. The average molecular weight is 291 g/mol. The van der Waals surface area contributed by atoms with Gasteiger partial charge in [-0.15, -0.1) is 0 Å². The van der Waals surface area contributed by atoms with E-state index in [4.69, 9.17) is 9.47 Å². The van der Waals surface area contributed by atoms with Gasteiger partial charge >= 0.3 is 0 Å². The normalized spacial score (nSPS) is 20.9. The summed E-state index contributed by atoms with van der Waals surface area (Å²) in [4.78, 5) is 13.8. The lowest BCUT2D eigenvalue weighted by molar-refractivity contribution is 0.0877. The Morgan fingerprint density at radius 3 is 2.76 bits per heavy atom. The molecule has 0 amide bonds. The molecule has 1 aliphatic heterocycles. The Morgan fingerprint density at radius 2 is 2.14 bits per heavy atom. The first-order chi connectivity index (χ1) is 10.0. The van der Waals surface area contributed by atoms with Gasteiger partial charge in [0.25, 0.3) is 0 Å². The number of hydrogen-bond acceptors (Lipinski definition) is 4. The van der Waals surface area contributed by atoms with Gasteiger partial charge in [-0.3, -0.25) is 4.79 Å². The zero-order valence-electron chi connectivity index (χ0n) is 13.4. The maximum atomic E-state index is 11.4. The maximum Gasteiger partial charge on any atom is 0.161 e. The second kappa shape index (κ2) is 6.94. The molecule has 4 nitrogen and oxygen atoms in total. The van der Waals surface area contributed by atoms with Crippen molar-refractivity contribution in [2.24, 2.45) is 5.92 Å². The van der Waals surface area contributed by atoms with Crippen LogP contribution in [0.5, 0.6) is 11.5 Å². The summed E-state index contributed by atoms with van der Waals surface area (Å²) in [5, 5.41) is 0. The molecule has 0 spiro atoms. The Morgan fingerprint density at radius 1 is 1.38 bits per heavy atom. The SMILES string of the molecule is COc1cc(C(C)=O)ccc1OC(C)C1CCCN(C)C1. The van der Waals surface area contributed by atoms with Gasteiger partial charge in [0, 0.05) is 18.0 Å². The molecule has 1 saturated heterocycles. The number of methoxy groups -OCH3 is 1. The first-order valence-electron chi connectivity index (χ1n) is 7.55. The number of carbonyl (C=O) groups excluding carboxylic acids is 1. The van der Waals surface area contributed by atoms with Crippen molar-refractivity contribution in [3.63, 3.8) is 0 Å². The van der Waals surface area contributed by atoms with Crippen LogP contribution < -0.4 is 9.47 Å². The number of nitrogens with zero attached hydrogens (tertiary/aromatic N) is 1. The first-order valence-corrected chi connectivity index (χ1v) is 7.55. The Kier molecular flexibility index (Phi) is 5.23. The third-order valence-corrected chi connectivity index (χ3v) is 4.21. The van der Waals surface area contributed by atoms with Gasteiger partial charge in [-0.05, 0) is 58.5 Å². The van der Waals surface area contributed by atoms with Crippen molar-refractivity contribution in [3.8, 4) is 11.5 Å². The van der Waals surface area contributed by atoms with Crippen molar-refractivity contribution in [1.29, 1.82) is 0 Å². The molecule has 0 radical (unpaired) electrons. The lowest BCUT2D eigenvalue weighted by Crippen LogP contribution is -2.39. The molecule has 116 valence electrons. The highest BCUT2D eigenvalue weighted by atomic mass is 16.5. The molecule has 1 fully saturated rings. The third-order valence-electron chi connectivity index (χ3n) is 4.21. The van der Waals surface area contributed by atoms with E-state index < -0.39 is 0 Å². The smallest absolute Gasteiger partial charge is 0.161 e. The van der Waals surface area contributed by atoms with E-state index in [0.29, 0.717) is 23.0 Å². The molecule has 0 aromatic heterocycles. The second-order valence-electron chi connectivity index (χ2n) is 5.91. The quantitative estimate of drug-likeness (QED) is 0.782. The topological polar surface area (TPSA) is 38.8 Å². The summed E-state index contributed by atoms with van der Waals surface area (Å²) >= 11 is 0. The van der Waals surface area contributed by atoms with E-state index >= 15 is 0 Å². The summed E-state index contributed by atoms with van der Waals surface area (Å²) < 4.78 is 11.5. The number of ether oxygens (including phenoxy) is 2. The van der Waals surface area contributed by atoms with Crippen LogP contribution >= 0.6 is 0 Å². The number of hydrogen-bond donors (Lipinski definition) is 0. The largest absolute Gasteiger partial charge is 0.493 e. The summed E-state index contributed by atoms with van der Waals surface area (Å²) in [7, 11) is 3.76. The molecule has 1 aromatic carbocycles. The van der Waals surface area contributed by atoms with Crippen LogP contribution in [0.4, 0.5) is 0 Å². The van der Waals surface area contributed by atoms with E-state index in [1.165, 1.54) is 19.4 Å². The number of rotatable bonds is 5. The van der Waals surface area contributed by atoms with Gasteiger partial charge in [0.05, 0.1) is 7.11 Å². The Bertz CT molecular complexity index is 501. The molecule has 2 rings (SSSR count). The highest BCUT2D eigenvalue weighted by molar-refractivity contribution is 5.94. The number of likely N-dealkylation sites (tertiary alicyclic amines) is 1. The molecular weight excluding hydrogens is 266 g/mol. The van der Waals surface area contributed by atoms with Gasteiger partial charge in [0.2, 0.25) is 0 Å². The summed E-state index contributed by atoms with van der Waals surface area (Å²) in [6.45, 7) is 5.90. The molecule has 0 saturated carbocycles. The van der Waals surface area contributed by atoms with Crippen molar-refractivity contribution in [2.75, 3.05) is 27.2 Å². The van der Waals surface area contributed by atoms with Crippen molar-refractivity contribution < 1.29 is 14.3 Å². The van der Waals surface area contributed by atoms with Crippen LogP contribution in [0.1, 0.15) is 37.0 Å². The summed E-state index contributed by atoms with van der Waals surface area (Å²) in [6.07, 6.45) is 2.54. The minimum Gasteiger partial charge on any atom is -0.493 e. The lowest BCUT2D eigenvalue weighted by atomic mass is 9.93. The van der Waals surface area contributed by atoms with Crippen molar-refractivity contribution >= 4 is 5.78 Å². The van der Waals surface area contributed by atoms with E-state index in [1.807, 2.05) is 6.07 Å². The zero-order valence-corrected chi connectivity index (χ0v) is 13.4. The van der Waals surface area contributed by atoms with Crippen LogP contribution in [0.25, 0.3) is 0 Å². The fraction of sp³-hybridized carbons (Fsp3) is 0.588. The van der Waals surface area contributed by atoms with Crippen molar-refractivity contribution in [2.45, 2.75) is 32.8 Å².